The summed E-state index contributed by atoms with van der Waals surface area (Å²) in [7, 11) is 0. The van der Waals surface area contributed by atoms with Gasteiger partial charge in [-0.1, -0.05) is 133 Å². The molecule has 7 N–H and O–H groups in total. The number of nitrogens with two attached hydrogens (primary N) is 3. The van der Waals surface area contributed by atoms with Gasteiger partial charge in [-0.25, -0.2) is 0 Å². The van der Waals surface area contributed by atoms with Crippen molar-refractivity contribution < 1.29 is 5.11 Å². The molecule has 0 saturated carbocycles. The fraction of sp³-hybridized carbons (Fsp3) is 0.321. The van der Waals surface area contributed by atoms with Crippen molar-refractivity contribution in [2.24, 2.45) is 17.2 Å². The van der Waals surface area contributed by atoms with Gasteiger partial charge in [-0.05, 0) is 181 Å². The lowest BCUT2D eigenvalue weighted by Crippen LogP contribution is -2.08. The molecule has 0 amide bonds. The van der Waals surface area contributed by atoms with Gasteiger partial charge >= 0.3 is 0 Å². The van der Waals surface area contributed by atoms with Gasteiger partial charge in [0.05, 0.1) is 6.10 Å². The Labute approximate surface area is 342 Å². The third kappa shape index (κ3) is 12.6. The topological polar surface area (TPSA) is 98.3 Å². The number of hydrogen-bond acceptors (Lipinski definition) is 4. The number of benzene rings is 6. The molecule has 6 aromatic carbocycles. The van der Waals surface area contributed by atoms with E-state index in [4.69, 9.17) is 17.2 Å². The Morgan fingerprint density at radius 2 is 0.842 bits per heavy atom. The fourth-order valence-corrected chi connectivity index (χ4v) is 8.23. The summed E-state index contributed by atoms with van der Waals surface area (Å²) in [5, 5.41) is 11.2. The molecule has 0 aliphatic carbocycles. The second-order valence-corrected chi connectivity index (χ2v) is 15.7. The molecule has 0 saturated heterocycles. The van der Waals surface area contributed by atoms with Crippen molar-refractivity contribution >= 4 is 0 Å². The van der Waals surface area contributed by atoms with E-state index in [1.54, 1.807) is 0 Å². The van der Waals surface area contributed by atoms with Gasteiger partial charge < -0.3 is 22.3 Å². The van der Waals surface area contributed by atoms with Gasteiger partial charge in [0.2, 0.25) is 0 Å². The van der Waals surface area contributed by atoms with Gasteiger partial charge in [0.25, 0.3) is 0 Å². The summed E-state index contributed by atoms with van der Waals surface area (Å²) in [5.41, 5.74) is 34.5. The van der Waals surface area contributed by atoms with Crippen molar-refractivity contribution in [1.29, 1.82) is 0 Å². The van der Waals surface area contributed by atoms with E-state index in [1.807, 2.05) is 0 Å². The van der Waals surface area contributed by atoms with Crippen molar-refractivity contribution in [3.63, 3.8) is 0 Å². The van der Waals surface area contributed by atoms with Crippen LogP contribution in [-0.4, -0.2) is 24.7 Å². The van der Waals surface area contributed by atoms with Crippen LogP contribution in [0.1, 0.15) is 88.3 Å². The molecule has 57 heavy (non-hydrogen) atoms. The van der Waals surface area contributed by atoms with Gasteiger partial charge in [-0.3, -0.25) is 0 Å². The minimum Gasteiger partial charge on any atom is -0.388 e. The lowest BCUT2D eigenvalue weighted by atomic mass is 9.86. The lowest BCUT2D eigenvalue weighted by molar-refractivity contribution is 0.170. The minimum absolute atomic E-state index is 0.449. The molecule has 4 nitrogen and oxygen atoms in total. The molecule has 0 aliphatic rings. The Morgan fingerprint density at radius 3 is 1.51 bits per heavy atom. The summed E-state index contributed by atoms with van der Waals surface area (Å²) in [5.74, 6) is 0. The Hall–Kier alpha value is -4.84. The molecule has 0 aromatic heterocycles. The monoisotopic (exact) mass is 757 g/mol. The van der Waals surface area contributed by atoms with Gasteiger partial charge in [-0.15, -0.1) is 0 Å². The van der Waals surface area contributed by atoms with Crippen molar-refractivity contribution in [3.8, 4) is 22.3 Å². The zero-order valence-corrected chi connectivity index (χ0v) is 33.8. The Balaban J connectivity index is 1.17. The molecule has 0 radical (unpaired) electrons. The number of aliphatic hydroxyl groups is 1. The minimum atomic E-state index is -0.584. The quantitative estimate of drug-likeness (QED) is 0.0554. The SMILES string of the molecule is NCCCc1cccc(CCc2cccc(-c3cccc(CCCc4cccc(CCCN)c4-c4cc(CCCc5ccccc5)cc(C(O)CCN)c4)c3)c2)c1. The van der Waals surface area contributed by atoms with E-state index in [-0.39, 0.29) is 0 Å². The molecular weight excluding hydrogens is 695 g/mol. The predicted octanol–water partition coefficient (Wildman–Crippen LogP) is 10.3. The number of aliphatic hydroxyl groups excluding tert-OH is 1. The molecule has 6 rings (SSSR count). The highest BCUT2D eigenvalue weighted by atomic mass is 16.3. The maximum absolute atomic E-state index is 11.2. The first kappa shape index (κ1) is 41.8. The Morgan fingerprint density at radius 1 is 0.368 bits per heavy atom. The number of hydrogen-bond donors (Lipinski definition) is 4. The van der Waals surface area contributed by atoms with Crippen LogP contribution in [0.5, 0.6) is 0 Å². The van der Waals surface area contributed by atoms with Crippen molar-refractivity contribution in [2.75, 3.05) is 19.6 Å². The van der Waals surface area contributed by atoms with E-state index in [9.17, 15) is 5.11 Å². The van der Waals surface area contributed by atoms with Crippen LogP contribution in [0.3, 0.4) is 0 Å². The third-order valence-electron chi connectivity index (χ3n) is 11.3. The first-order valence-electron chi connectivity index (χ1n) is 21.4. The zero-order valence-electron chi connectivity index (χ0n) is 33.8. The number of rotatable bonds is 22. The molecule has 0 bridgehead atoms. The molecule has 0 fully saturated rings. The fourth-order valence-electron chi connectivity index (χ4n) is 8.23. The van der Waals surface area contributed by atoms with Crippen LogP contribution in [0.15, 0.2) is 140 Å². The van der Waals surface area contributed by atoms with Crippen LogP contribution in [-0.2, 0) is 51.4 Å². The molecule has 1 atom stereocenters. The molecule has 1 unspecified atom stereocenters. The van der Waals surface area contributed by atoms with E-state index in [0.29, 0.717) is 19.5 Å². The van der Waals surface area contributed by atoms with Gasteiger partial charge in [0.1, 0.15) is 0 Å². The summed E-state index contributed by atoms with van der Waals surface area (Å²) in [6.07, 6.45) is 12.0. The van der Waals surface area contributed by atoms with Gasteiger partial charge in [0, 0.05) is 0 Å². The van der Waals surface area contributed by atoms with Crippen LogP contribution in [0, 0.1) is 0 Å². The lowest BCUT2D eigenvalue weighted by Gasteiger charge is -2.19. The number of aryl methyl sites for hydroxylation is 8. The summed E-state index contributed by atoms with van der Waals surface area (Å²) in [6, 6.07) is 51.4. The molecule has 296 valence electrons. The third-order valence-corrected chi connectivity index (χ3v) is 11.3. The molecule has 0 heterocycles. The average Bonchev–Trinajstić information content (AvgIpc) is 3.25. The summed E-state index contributed by atoms with van der Waals surface area (Å²) in [4.78, 5) is 0. The smallest absolute Gasteiger partial charge is 0.0802 e. The first-order valence-corrected chi connectivity index (χ1v) is 21.4. The first-order chi connectivity index (χ1) is 28.0. The normalized spacial score (nSPS) is 11.9. The summed E-state index contributed by atoms with van der Waals surface area (Å²) >= 11 is 0. The van der Waals surface area contributed by atoms with E-state index in [1.165, 1.54) is 66.8 Å². The summed E-state index contributed by atoms with van der Waals surface area (Å²) < 4.78 is 0. The second-order valence-electron chi connectivity index (χ2n) is 15.7. The van der Waals surface area contributed by atoms with Crippen molar-refractivity contribution in [1.82, 2.24) is 0 Å². The van der Waals surface area contributed by atoms with E-state index in [0.717, 1.165) is 89.2 Å². The van der Waals surface area contributed by atoms with Crippen LogP contribution >= 0.6 is 0 Å². The van der Waals surface area contributed by atoms with E-state index >= 15 is 0 Å². The van der Waals surface area contributed by atoms with Crippen molar-refractivity contribution in [2.45, 2.75) is 89.6 Å². The molecule has 6 aromatic rings. The van der Waals surface area contributed by atoms with Crippen molar-refractivity contribution in [3.05, 3.63) is 190 Å². The maximum Gasteiger partial charge on any atom is 0.0802 e. The molecule has 0 aliphatic heterocycles. The van der Waals surface area contributed by atoms with Crippen LogP contribution in [0.2, 0.25) is 0 Å². The standard InChI is InChI=1S/C53H63N3O/c54-31-10-21-41-15-5-16-43(34-41)28-29-44-19-8-26-49(36-44)48-25-7-18-42(35-48)17-6-22-46-23-9-24-47(27-11-32-55)53(46)51-38-45(37-50(39-51)52(57)30-33-56)20-4-14-40-12-2-1-3-13-40/h1-3,5,7-9,12-13,15-16,18-19,23-26,34-39,52,57H,4,6,10-11,14,17,20-22,27-33,54-56H2. The maximum atomic E-state index is 11.2. The summed E-state index contributed by atoms with van der Waals surface area (Å²) in [6.45, 7) is 1.84. The Bertz CT molecular complexity index is 2120. The average molecular weight is 758 g/mol. The highest BCUT2D eigenvalue weighted by molar-refractivity contribution is 5.73. The molecule has 4 heteroatoms. The zero-order chi connectivity index (χ0) is 39.7. The van der Waals surface area contributed by atoms with Crippen LogP contribution < -0.4 is 17.2 Å². The second kappa shape index (κ2) is 22.2. The highest BCUT2D eigenvalue weighted by Gasteiger charge is 2.16. The molecule has 0 spiro atoms. The van der Waals surface area contributed by atoms with Gasteiger partial charge in [-0.2, -0.15) is 0 Å². The Kier molecular flexibility index (Phi) is 16.3. The predicted molar refractivity (Wildman–Crippen MR) is 241 cm³/mol. The largest absolute Gasteiger partial charge is 0.388 e. The van der Waals surface area contributed by atoms with Crippen LogP contribution in [0.4, 0.5) is 0 Å². The van der Waals surface area contributed by atoms with E-state index in [2.05, 4.69) is 140 Å². The highest BCUT2D eigenvalue weighted by Crippen LogP contribution is 2.34. The van der Waals surface area contributed by atoms with Gasteiger partial charge in [0.15, 0.2) is 0 Å². The van der Waals surface area contributed by atoms with Crippen LogP contribution in [0.25, 0.3) is 22.3 Å². The molecular formula is C53H63N3O. The van der Waals surface area contributed by atoms with E-state index < -0.39 is 6.10 Å².